The molecule has 1 heterocycles. The minimum atomic E-state index is -2.98. The molecule has 1 aliphatic heterocycles. The Morgan fingerprint density at radius 2 is 0.750 bits per heavy atom. The van der Waals surface area contributed by atoms with Crippen LogP contribution in [0.25, 0.3) is 0 Å². The van der Waals surface area contributed by atoms with Crippen molar-refractivity contribution in [3.63, 3.8) is 0 Å². The Labute approximate surface area is 153 Å². The van der Waals surface area contributed by atoms with Crippen molar-refractivity contribution in [3.05, 3.63) is 98.2 Å². The molecule has 0 radical (unpaired) electrons. The van der Waals surface area contributed by atoms with Gasteiger partial charge >= 0.3 is 17.1 Å². The van der Waals surface area contributed by atoms with Crippen molar-refractivity contribution in [1.82, 2.24) is 0 Å². The Morgan fingerprint density at radius 1 is 0.458 bits per heavy atom. The summed E-state index contributed by atoms with van der Waals surface area (Å²) in [5, 5.41) is 0. The second-order valence-electron chi connectivity index (χ2n) is 4.93. The van der Waals surface area contributed by atoms with Crippen LogP contribution in [0, 0.1) is 0 Å². The van der Waals surface area contributed by atoms with Gasteiger partial charge in [0.1, 0.15) is 0 Å². The molecule has 0 aromatic heterocycles. The molecule has 0 spiro atoms. The van der Waals surface area contributed by atoms with Gasteiger partial charge in [-0.3, -0.25) is 0 Å². The maximum atomic E-state index is 6.53. The van der Waals surface area contributed by atoms with E-state index in [4.69, 9.17) is 12.3 Å². The molecule has 0 atom stereocenters. The van der Waals surface area contributed by atoms with E-state index in [2.05, 4.69) is 52.6 Å². The quantitative estimate of drug-likeness (QED) is 0.558. The van der Waals surface area contributed by atoms with Gasteiger partial charge in [-0.15, -0.1) is 63.3 Å². The molecule has 0 amide bonds. The average molecular weight is 409 g/mol. The van der Waals surface area contributed by atoms with Crippen molar-refractivity contribution < 1.29 is 12.3 Å². The van der Waals surface area contributed by atoms with Crippen molar-refractivity contribution >= 4 is 42.7 Å². The molecule has 24 heavy (non-hydrogen) atoms. The molecule has 3 nitrogen and oxygen atoms in total. The highest BCUT2D eigenvalue weighted by atomic mass is 32.5. The molecule has 1 aliphatic rings. The zero-order valence-corrected chi connectivity index (χ0v) is 18.7. The molecule has 1 rings (SSSR count). The minimum Gasteiger partial charge on any atom is -0.416 e. The molecule has 1 saturated heterocycles. The van der Waals surface area contributed by atoms with Crippen LogP contribution in [0.15, 0.2) is 98.2 Å². The second kappa shape index (κ2) is 7.93. The minimum absolute atomic E-state index is 1.59. The standard InChI is InChI=1S/C16H24O3SSi4/c1-9-21(10-2)17-22(11-3,12-4)19-24(15-7,16-8)20-23(13-5,14-6)18-21/h9-16H,1-8H2. The first kappa shape index (κ1) is 21.1. The Kier molecular flexibility index (Phi) is 6.96. The SMILES string of the molecule is C=C[Si]1(C=C)O[Si](C=C)(C=C)O[Si](C=C)(C=C)S[Si](C=C)(C=C)O1. The van der Waals surface area contributed by atoms with Crippen molar-refractivity contribution in [1.29, 1.82) is 0 Å². The van der Waals surface area contributed by atoms with Gasteiger partial charge in [-0.1, -0.05) is 22.8 Å². The van der Waals surface area contributed by atoms with Gasteiger partial charge in [0.2, 0.25) is 0 Å². The van der Waals surface area contributed by atoms with E-state index in [-0.39, 0.29) is 0 Å². The first-order valence-electron chi connectivity index (χ1n) is 7.21. The fourth-order valence-corrected chi connectivity index (χ4v) is 30.3. The van der Waals surface area contributed by atoms with Gasteiger partial charge in [-0.25, -0.2) is 0 Å². The maximum Gasteiger partial charge on any atom is 0.373 e. The summed E-state index contributed by atoms with van der Waals surface area (Å²) in [4.78, 5) is 0. The van der Waals surface area contributed by atoms with Gasteiger partial charge in [-0.2, -0.15) is 0 Å². The van der Waals surface area contributed by atoms with E-state index < -0.39 is 32.1 Å². The summed E-state index contributed by atoms with van der Waals surface area (Å²) in [5.74, 6) is 0. The normalized spacial score (nSPS) is 23.3. The molecule has 8 heteroatoms. The molecule has 0 N–H and O–H groups in total. The third-order valence-electron chi connectivity index (χ3n) is 3.55. The zero-order chi connectivity index (χ0) is 18.5. The maximum absolute atomic E-state index is 6.53. The summed E-state index contributed by atoms with van der Waals surface area (Å²) >= 11 is 0. The fourth-order valence-electron chi connectivity index (χ4n) is 2.08. The summed E-state index contributed by atoms with van der Waals surface area (Å²) < 4.78 is 19.5. The van der Waals surface area contributed by atoms with Crippen LogP contribution in [0.2, 0.25) is 0 Å². The summed E-state index contributed by atoms with van der Waals surface area (Å²) in [5.41, 5.74) is 13.9. The lowest BCUT2D eigenvalue weighted by molar-refractivity contribution is 0.359. The van der Waals surface area contributed by atoms with Crippen molar-refractivity contribution in [2.75, 3.05) is 0 Å². The van der Waals surface area contributed by atoms with E-state index in [9.17, 15) is 0 Å². The van der Waals surface area contributed by atoms with Gasteiger partial charge in [0.15, 0.2) is 0 Å². The highest BCUT2D eigenvalue weighted by Gasteiger charge is 2.56. The van der Waals surface area contributed by atoms with Crippen LogP contribution in [0.4, 0.5) is 0 Å². The van der Waals surface area contributed by atoms with Gasteiger partial charge in [0, 0.05) is 0 Å². The topological polar surface area (TPSA) is 27.7 Å². The molecule has 1 fully saturated rings. The van der Waals surface area contributed by atoms with E-state index >= 15 is 0 Å². The first-order chi connectivity index (χ1) is 11.3. The fraction of sp³-hybridized carbons (Fsp3) is 0. The Balaban J connectivity index is 3.68. The Bertz CT molecular complexity index is 450. The number of hydrogen-bond donors (Lipinski definition) is 0. The van der Waals surface area contributed by atoms with Crippen LogP contribution in [-0.2, 0) is 12.3 Å². The largest absolute Gasteiger partial charge is 0.416 e. The number of hydrogen-bond acceptors (Lipinski definition) is 4. The monoisotopic (exact) mass is 408 g/mol. The summed E-state index contributed by atoms with van der Waals surface area (Å²) in [7, 11) is -9.72. The van der Waals surface area contributed by atoms with Crippen molar-refractivity contribution in [3.8, 4) is 0 Å². The van der Waals surface area contributed by atoms with E-state index in [1.807, 2.05) is 0 Å². The van der Waals surface area contributed by atoms with Crippen LogP contribution in [0.3, 0.4) is 0 Å². The third-order valence-corrected chi connectivity index (χ3v) is 27.6. The van der Waals surface area contributed by atoms with Gasteiger partial charge in [0.05, 0.1) is 0 Å². The smallest absolute Gasteiger partial charge is 0.373 e. The van der Waals surface area contributed by atoms with E-state index in [1.54, 1.807) is 56.3 Å². The molecule has 0 unspecified atom stereocenters. The second-order valence-corrected chi connectivity index (χ2v) is 22.9. The Morgan fingerprint density at radius 3 is 0.958 bits per heavy atom. The van der Waals surface area contributed by atoms with E-state index in [1.165, 1.54) is 0 Å². The molecule has 0 bridgehead atoms. The van der Waals surface area contributed by atoms with Crippen LogP contribution in [0.5, 0.6) is 0 Å². The summed E-state index contributed by atoms with van der Waals surface area (Å²) in [6.07, 6.45) is 0. The number of rotatable bonds is 8. The van der Waals surface area contributed by atoms with Crippen LogP contribution >= 0.6 is 10.7 Å². The lowest BCUT2D eigenvalue weighted by atomic mass is 11.2. The van der Waals surface area contributed by atoms with Gasteiger partial charge < -0.3 is 12.3 Å². The lowest BCUT2D eigenvalue weighted by Gasteiger charge is -2.46. The first-order valence-corrected chi connectivity index (χ1v) is 17.5. The molecule has 128 valence electrons. The van der Waals surface area contributed by atoms with Crippen molar-refractivity contribution in [2.45, 2.75) is 0 Å². The van der Waals surface area contributed by atoms with E-state index in [0.717, 1.165) is 0 Å². The average Bonchev–Trinajstić information content (AvgIpc) is 2.63. The highest BCUT2D eigenvalue weighted by Crippen LogP contribution is 2.42. The van der Waals surface area contributed by atoms with Crippen molar-refractivity contribution in [2.24, 2.45) is 0 Å². The summed E-state index contributed by atoms with van der Waals surface area (Å²) in [6, 6.07) is 0. The lowest BCUT2D eigenvalue weighted by Crippen LogP contribution is -2.63. The Hall–Kier alpha value is -0.982. The predicted octanol–water partition coefficient (Wildman–Crippen LogP) is 4.35. The highest BCUT2D eigenvalue weighted by molar-refractivity contribution is 8.50. The molecule has 0 aromatic carbocycles. The summed E-state index contributed by atoms with van der Waals surface area (Å²) in [6.45, 7) is 31.4. The van der Waals surface area contributed by atoms with E-state index in [0.29, 0.717) is 0 Å². The van der Waals surface area contributed by atoms with Gasteiger partial charge in [0.25, 0.3) is 14.9 Å². The molecule has 0 saturated carbocycles. The zero-order valence-electron chi connectivity index (χ0n) is 13.9. The molecule has 0 aromatic rings. The van der Waals surface area contributed by atoms with Crippen LogP contribution in [-0.4, -0.2) is 32.1 Å². The molecular formula is C16H24O3SSi4. The molecule has 0 aliphatic carbocycles. The van der Waals surface area contributed by atoms with Crippen LogP contribution in [0.1, 0.15) is 0 Å². The van der Waals surface area contributed by atoms with Crippen LogP contribution < -0.4 is 0 Å². The molecular weight excluding hydrogens is 385 g/mol. The predicted molar refractivity (Wildman–Crippen MR) is 115 cm³/mol. The van der Waals surface area contributed by atoms with Gasteiger partial charge in [-0.05, 0) is 22.8 Å². The third kappa shape index (κ3) is 3.81.